The predicted octanol–water partition coefficient (Wildman–Crippen LogP) is 6.45. The van der Waals surface area contributed by atoms with Crippen LogP contribution in [0.4, 0.5) is 18.0 Å². The van der Waals surface area contributed by atoms with Crippen molar-refractivity contribution in [1.29, 1.82) is 0 Å². The third-order valence-electron chi connectivity index (χ3n) is 5.46. The summed E-state index contributed by atoms with van der Waals surface area (Å²) in [5.74, 6) is 0.244. The number of alkyl halides is 3. The van der Waals surface area contributed by atoms with E-state index in [1.165, 1.54) is 44.8 Å². The first kappa shape index (κ1) is 30.5. The molecular weight excluding hydrogens is 575 g/mol. The van der Waals surface area contributed by atoms with E-state index < -0.39 is 29.2 Å². The zero-order valence-electron chi connectivity index (χ0n) is 20.9. The molecule has 2 N–H and O–H groups in total. The lowest BCUT2D eigenvalue weighted by Crippen LogP contribution is -2.43. The van der Waals surface area contributed by atoms with Gasteiger partial charge in [-0.25, -0.2) is 4.79 Å². The molecule has 2 aliphatic rings. The highest BCUT2D eigenvalue weighted by atomic mass is 35.5. The molecule has 39 heavy (non-hydrogen) atoms. The van der Waals surface area contributed by atoms with E-state index in [1.54, 1.807) is 0 Å². The fourth-order valence-electron chi connectivity index (χ4n) is 3.45. The largest absolute Gasteiger partial charge is 0.412 e. The van der Waals surface area contributed by atoms with Crippen molar-refractivity contribution in [2.45, 2.75) is 36.6 Å². The highest BCUT2D eigenvalue weighted by molar-refractivity contribution is 8.12. The summed E-state index contributed by atoms with van der Waals surface area (Å²) < 4.78 is 38.6. The molecule has 0 atom stereocenters. The van der Waals surface area contributed by atoms with Crippen LogP contribution < -0.4 is 20.9 Å². The van der Waals surface area contributed by atoms with E-state index in [4.69, 9.17) is 16.3 Å². The summed E-state index contributed by atoms with van der Waals surface area (Å²) in [6.07, 6.45) is -0.757. The number of rotatable bonds is 1. The maximum absolute atomic E-state index is 11.6. The molecule has 1 amide bonds. The standard InChI is InChI=1S/C14H11ClS.C9H9N3O4S.C3H5F3/c15-13-6-3-5-10-8-11-4-1-2-7-14(11)16-9-12(10)13;1-17-9(15)16-7-5(13)2-3-12-6(7)8(14)10-4-11-12;1-2-3(4,5)6/h1-7H,8-9H2;2-3,11H,4H2,1H3,(H,10,14);2H2,1H3. The normalized spacial score (nSPS) is 13.3. The van der Waals surface area contributed by atoms with Gasteiger partial charge in [0.05, 0.1) is 0 Å². The predicted molar refractivity (Wildman–Crippen MR) is 149 cm³/mol. The Kier molecular flexibility index (Phi) is 10.8. The number of nitrogens with zero attached hydrogens (tertiary/aromatic N) is 1. The Labute approximate surface area is 236 Å². The van der Waals surface area contributed by atoms with Crippen molar-refractivity contribution >= 4 is 46.3 Å². The van der Waals surface area contributed by atoms with Gasteiger partial charge in [-0.15, -0.1) is 11.8 Å². The zero-order valence-corrected chi connectivity index (χ0v) is 23.3. The number of ether oxygens (including phenoxy) is 1. The Hall–Kier alpha value is -3.09. The first-order chi connectivity index (χ1) is 18.5. The molecule has 0 saturated heterocycles. The van der Waals surface area contributed by atoms with Crippen LogP contribution in [-0.4, -0.2) is 35.0 Å². The van der Waals surface area contributed by atoms with Gasteiger partial charge in [0.1, 0.15) is 6.67 Å². The number of carbonyl (C=O) groups is 2. The van der Waals surface area contributed by atoms with Crippen LogP contribution in [0, 0.1) is 0 Å². The number of fused-ring (bicyclic) bond motifs is 3. The first-order valence-electron chi connectivity index (χ1n) is 11.6. The summed E-state index contributed by atoms with van der Waals surface area (Å²) in [5, 5.41) is 2.75. The van der Waals surface area contributed by atoms with Gasteiger partial charge in [0, 0.05) is 34.4 Å². The molecule has 0 aliphatic carbocycles. The molecule has 0 saturated carbocycles. The average molecular weight is 600 g/mol. The van der Waals surface area contributed by atoms with Gasteiger partial charge in [0.25, 0.3) is 5.91 Å². The molecule has 13 heteroatoms. The monoisotopic (exact) mass is 599 g/mol. The van der Waals surface area contributed by atoms with Crippen LogP contribution in [-0.2, 0) is 12.2 Å². The minimum Gasteiger partial charge on any atom is -0.412 e. The van der Waals surface area contributed by atoms with Crippen molar-refractivity contribution < 1.29 is 27.5 Å². The topological polar surface area (TPSA) is 89.4 Å². The second-order valence-corrected chi connectivity index (χ2v) is 10.2. The molecule has 0 fully saturated rings. The highest BCUT2D eigenvalue weighted by Gasteiger charge is 2.25. The van der Waals surface area contributed by atoms with E-state index in [2.05, 4.69) is 41.1 Å². The van der Waals surface area contributed by atoms with Gasteiger partial charge >= 0.3 is 11.5 Å². The van der Waals surface area contributed by atoms with E-state index in [1.807, 2.05) is 23.9 Å². The summed E-state index contributed by atoms with van der Waals surface area (Å²) >= 11 is 8.95. The number of thioether (sulfide) groups is 2. The van der Waals surface area contributed by atoms with Crippen molar-refractivity contribution in [3.05, 3.63) is 92.4 Å². The number of amides is 1. The quantitative estimate of drug-likeness (QED) is 0.311. The minimum atomic E-state index is -3.96. The summed E-state index contributed by atoms with van der Waals surface area (Å²) in [5.41, 5.74) is 6.35. The molecule has 2 aliphatic heterocycles. The fourth-order valence-corrected chi connectivity index (χ4v) is 5.10. The van der Waals surface area contributed by atoms with E-state index >= 15 is 0 Å². The number of hydrogen-bond acceptors (Lipinski definition) is 7. The Morgan fingerprint density at radius 1 is 1.13 bits per heavy atom. The van der Waals surface area contributed by atoms with Crippen LogP contribution in [0.1, 0.15) is 40.5 Å². The third-order valence-corrected chi connectivity index (χ3v) is 7.38. The molecule has 0 spiro atoms. The summed E-state index contributed by atoms with van der Waals surface area (Å²) in [4.78, 5) is 35.8. The molecule has 3 aromatic rings. The molecule has 0 unspecified atom stereocenters. The number of aromatic nitrogens is 1. The maximum Gasteiger partial charge on any atom is 0.388 e. The Bertz CT molecular complexity index is 1400. The van der Waals surface area contributed by atoms with Crippen LogP contribution in [0.3, 0.4) is 0 Å². The summed E-state index contributed by atoms with van der Waals surface area (Å²) in [6, 6.07) is 16.0. The molecular formula is C26H25ClF3N3O4S2. The maximum atomic E-state index is 11.6. The molecule has 5 rings (SSSR count). The lowest BCUT2D eigenvalue weighted by atomic mass is 10.0. The Morgan fingerprint density at radius 2 is 1.82 bits per heavy atom. The Balaban J connectivity index is 0.000000180. The van der Waals surface area contributed by atoms with Gasteiger partial charge in [0.2, 0.25) is 11.2 Å². The van der Waals surface area contributed by atoms with Crippen LogP contribution in [0.25, 0.3) is 0 Å². The summed E-state index contributed by atoms with van der Waals surface area (Å²) in [6.45, 7) is 1.32. The van der Waals surface area contributed by atoms with Crippen LogP contribution >= 0.6 is 35.1 Å². The number of pyridine rings is 1. The molecule has 0 bridgehead atoms. The van der Waals surface area contributed by atoms with Gasteiger partial charge < -0.3 is 15.5 Å². The van der Waals surface area contributed by atoms with Gasteiger partial charge in [0.15, 0.2) is 5.69 Å². The smallest absolute Gasteiger partial charge is 0.388 e. The molecule has 2 aromatic carbocycles. The SMILES string of the molecule is CCC(F)(F)F.CSC(=O)Oc1c2n(ccc1=O)NCNC2=O.Clc1cccc2c1CSc1ccccc1C2. The van der Waals surface area contributed by atoms with Gasteiger partial charge in [-0.1, -0.05) is 48.9 Å². The van der Waals surface area contributed by atoms with E-state index in [0.717, 1.165) is 35.9 Å². The number of benzene rings is 2. The Morgan fingerprint density at radius 3 is 2.51 bits per heavy atom. The molecule has 3 heterocycles. The van der Waals surface area contributed by atoms with Crippen LogP contribution in [0.5, 0.6) is 5.75 Å². The number of hydrogen-bond donors (Lipinski definition) is 2. The van der Waals surface area contributed by atoms with E-state index in [9.17, 15) is 27.6 Å². The number of nitrogens with one attached hydrogen (secondary N) is 2. The second-order valence-electron chi connectivity index (χ2n) is 8.04. The van der Waals surface area contributed by atoms with E-state index in [0.29, 0.717) is 0 Å². The zero-order chi connectivity index (χ0) is 28.6. The molecule has 7 nitrogen and oxygen atoms in total. The van der Waals surface area contributed by atoms with Crippen molar-refractivity contribution in [2.24, 2.45) is 0 Å². The van der Waals surface area contributed by atoms with Gasteiger partial charge in [-0.2, -0.15) is 13.2 Å². The van der Waals surface area contributed by atoms with Crippen molar-refractivity contribution in [3.8, 4) is 5.75 Å². The minimum absolute atomic E-state index is 0.00819. The van der Waals surface area contributed by atoms with Crippen molar-refractivity contribution in [1.82, 2.24) is 9.99 Å². The number of halogens is 4. The van der Waals surface area contributed by atoms with Crippen molar-refractivity contribution in [3.63, 3.8) is 0 Å². The van der Waals surface area contributed by atoms with Gasteiger partial charge in [-0.05, 0) is 53.3 Å². The lowest BCUT2D eigenvalue weighted by molar-refractivity contribution is -0.130. The molecule has 208 valence electrons. The molecule has 0 radical (unpaired) electrons. The first-order valence-corrected chi connectivity index (χ1v) is 14.2. The average Bonchev–Trinajstić information content (AvgIpc) is 3.11. The van der Waals surface area contributed by atoms with Crippen LogP contribution in [0.15, 0.2) is 64.4 Å². The van der Waals surface area contributed by atoms with E-state index in [-0.39, 0.29) is 18.1 Å². The fraction of sp³-hybridized carbons (Fsp3) is 0.269. The second kappa shape index (κ2) is 13.8. The third kappa shape index (κ3) is 8.45. The van der Waals surface area contributed by atoms with Crippen molar-refractivity contribution in [2.75, 3.05) is 18.4 Å². The van der Waals surface area contributed by atoms with Gasteiger partial charge in [-0.3, -0.25) is 14.3 Å². The lowest BCUT2D eigenvalue weighted by Gasteiger charge is -2.22. The number of carbonyl (C=O) groups excluding carboxylic acids is 2. The van der Waals surface area contributed by atoms with Crippen LogP contribution in [0.2, 0.25) is 5.02 Å². The molecule has 1 aromatic heterocycles. The highest BCUT2D eigenvalue weighted by Crippen LogP contribution is 2.36. The summed E-state index contributed by atoms with van der Waals surface area (Å²) in [7, 11) is 0.